The third-order valence-corrected chi connectivity index (χ3v) is 17.6. The van der Waals surface area contributed by atoms with Gasteiger partial charge in [-0.3, -0.25) is 37.3 Å². The molecule has 0 aromatic rings. The van der Waals surface area contributed by atoms with Crippen LogP contribution in [-0.2, 0) is 65.4 Å². The van der Waals surface area contributed by atoms with Gasteiger partial charge in [-0.25, -0.2) is 9.13 Å². The Kier molecular flexibility index (Phi) is 74.1. The first-order valence-electron chi connectivity index (χ1n) is 40.3. The van der Waals surface area contributed by atoms with Gasteiger partial charge in [-0.15, -0.1) is 0 Å². The van der Waals surface area contributed by atoms with Crippen LogP contribution in [0.25, 0.3) is 0 Å². The lowest BCUT2D eigenvalue weighted by Gasteiger charge is -2.21. The topological polar surface area (TPSA) is 237 Å². The van der Waals surface area contributed by atoms with Crippen LogP contribution < -0.4 is 0 Å². The molecule has 0 aliphatic carbocycles. The molecule has 0 bridgehead atoms. The van der Waals surface area contributed by atoms with Crippen LogP contribution in [0.3, 0.4) is 0 Å². The lowest BCUT2D eigenvalue weighted by Crippen LogP contribution is -2.30. The summed E-state index contributed by atoms with van der Waals surface area (Å²) in [6.07, 6.45) is 98.2. The van der Waals surface area contributed by atoms with Crippen molar-refractivity contribution in [3.05, 3.63) is 207 Å². The average molecular weight is 1540 g/mol. The van der Waals surface area contributed by atoms with Gasteiger partial charge in [0, 0.05) is 25.7 Å². The van der Waals surface area contributed by atoms with Gasteiger partial charge in [-0.1, -0.05) is 279 Å². The van der Waals surface area contributed by atoms with Crippen LogP contribution in [0.5, 0.6) is 0 Å². The second-order valence-corrected chi connectivity index (χ2v) is 28.8. The smallest absolute Gasteiger partial charge is 0.462 e. The molecule has 17 nitrogen and oxygen atoms in total. The summed E-state index contributed by atoms with van der Waals surface area (Å²) in [7, 11) is -10.0. The number of carbonyl (C=O) groups excluding carboxylic acids is 4. The Bertz CT molecular complexity index is 2860. The summed E-state index contributed by atoms with van der Waals surface area (Å²) < 4.78 is 68.5. The minimum Gasteiger partial charge on any atom is -0.462 e. The summed E-state index contributed by atoms with van der Waals surface area (Å²) in [5.41, 5.74) is 0. The molecule has 0 heterocycles. The highest BCUT2D eigenvalue weighted by Crippen LogP contribution is 2.45. The number of hydrogen-bond acceptors (Lipinski definition) is 15. The molecule has 5 atom stereocenters. The van der Waals surface area contributed by atoms with E-state index in [-0.39, 0.29) is 25.7 Å². The molecule has 0 rings (SSSR count). The molecule has 0 amide bonds. The van der Waals surface area contributed by atoms with Crippen LogP contribution in [0.15, 0.2) is 207 Å². The van der Waals surface area contributed by atoms with Gasteiger partial charge in [0.2, 0.25) is 0 Å². The van der Waals surface area contributed by atoms with Gasteiger partial charge >= 0.3 is 39.5 Å². The van der Waals surface area contributed by atoms with E-state index < -0.39 is 97.5 Å². The summed E-state index contributed by atoms with van der Waals surface area (Å²) in [6.45, 7) is 4.28. The molecule has 0 aromatic carbocycles. The number of rotatable bonds is 73. The second kappa shape index (κ2) is 78.8. The first-order valence-corrected chi connectivity index (χ1v) is 43.3. The zero-order valence-electron chi connectivity index (χ0n) is 66.4. The summed E-state index contributed by atoms with van der Waals surface area (Å²) >= 11 is 0. The Morgan fingerprint density at radius 1 is 0.269 bits per heavy atom. The normalized spacial score (nSPS) is 14.9. The second-order valence-electron chi connectivity index (χ2n) is 25.9. The lowest BCUT2D eigenvalue weighted by molar-refractivity contribution is -0.161. The van der Waals surface area contributed by atoms with Gasteiger partial charge in [0.1, 0.15) is 19.3 Å². The molecule has 5 unspecified atom stereocenters. The number of carbonyl (C=O) groups is 4. The molecular weight excluding hydrogens is 1400 g/mol. The Hall–Kier alpha value is -6.36. The Labute approximate surface area is 652 Å². The van der Waals surface area contributed by atoms with E-state index >= 15 is 0 Å². The van der Waals surface area contributed by atoms with Crippen molar-refractivity contribution in [1.82, 2.24) is 0 Å². The maximum Gasteiger partial charge on any atom is 0.472 e. The summed E-state index contributed by atoms with van der Waals surface area (Å²) in [5.74, 6) is -2.41. The maximum absolute atomic E-state index is 13.1. The quantitative estimate of drug-likeness (QED) is 0.0169. The van der Waals surface area contributed by atoms with E-state index in [9.17, 15) is 43.2 Å². The highest BCUT2D eigenvalue weighted by Gasteiger charge is 2.30. The van der Waals surface area contributed by atoms with Gasteiger partial charge in [-0.2, -0.15) is 0 Å². The third-order valence-electron chi connectivity index (χ3n) is 15.7. The third kappa shape index (κ3) is 77.8. The molecule has 0 aliphatic rings. The van der Waals surface area contributed by atoms with Gasteiger partial charge in [0.15, 0.2) is 12.2 Å². The van der Waals surface area contributed by atoms with E-state index in [1.807, 2.05) is 30.4 Å². The molecule has 0 radical (unpaired) electrons. The average Bonchev–Trinajstić information content (AvgIpc) is 0.906. The minimum absolute atomic E-state index is 0.00903. The molecule has 3 N–H and O–H groups in total. The molecule has 0 fully saturated rings. The number of unbranched alkanes of at least 4 members (excludes halogenated alkanes) is 13. The van der Waals surface area contributed by atoms with E-state index in [2.05, 4.69) is 204 Å². The number of phosphoric ester groups is 2. The number of phosphoric acid groups is 2. The van der Waals surface area contributed by atoms with E-state index in [0.29, 0.717) is 38.5 Å². The minimum atomic E-state index is -5.03. The van der Waals surface area contributed by atoms with Crippen molar-refractivity contribution in [2.75, 3.05) is 39.6 Å². The highest BCUT2D eigenvalue weighted by molar-refractivity contribution is 7.47. The molecule has 0 spiro atoms. The molecule has 19 heteroatoms. The van der Waals surface area contributed by atoms with Gasteiger partial charge < -0.3 is 33.8 Å². The predicted octanol–water partition coefficient (Wildman–Crippen LogP) is 23.9. The van der Waals surface area contributed by atoms with Crippen molar-refractivity contribution < 1.29 is 80.2 Å². The SMILES string of the molecule is CC/C=C\C/C=C\C/C=C\C/C=C\C/C=C\C/C=C\CCC(=O)OCC(COP(=O)(O)OCC(O)COP(=O)(O)OCC(COC(=O)CCCCCC/C=C\C/C=C\C/C=C\C/C=C\CC)OC(=O)CCCCCCC/C=C\C/C=C\CCCCC)OC(=O)CCC/C=C\C/C=C\C/C=C\C/C=C\C/C=C\CC. The van der Waals surface area contributed by atoms with Crippen LogP contribution in [0, 0.1) is 0 Å². The van der Waals surface area contributed by atoms with Gasteiger partial charge in [0.05, 0.1) is 26.4 Å². The fourth-order valence-electron chi connectivity index (χ4n) is 9.71. The molecule has 0 saturated carbocycles. The molecular formula is C89H140O17P2. The predicted molar refractivity (Wildman–Crippen MR) is 445 cm³/mol. The van der Waals surface area contributed by atoms with Crippen molar-refractivity contribution in [3.8, 4) is 0 Å². The number of aliphatic hydroxyl groups is 1. The first kappa shape index (κ1) is 102. The van der Waals surface area contributed by atoms with Gasteiger partial charge in [-0.05, 0) is 173 Å². The van der Waals surface area contributed by atoms with Gasteiger partial charge in [0.25, 0.3) is 0 Å². The number of esters is 4. The number of ether oxygens (including phenoxy) is 4. The van der Waals surface area contributed by atoms with Crippen molar-refractivity contribution in [3.63, 3.8) is 0 Å². The molecule has 0 saturated heterocycles. The zero-order chi connectivity index (χ0) is 78.9. The van der Waals surface area contributed by atoms with Crippen LogP contribution in [0.4, 0.5) is 0 Å². The van der Waals surface area contributed by atoms with Crippen LogP contribution in [0.2, 0.25) is 0 Å². The Balaban J connectivity index is 5.55. The van der Waals surface area contributed by atoms with E-state index in [1.54, 1.807) is 0 Å². The Morgan fingerprint density at radius 3 is 0.833 bits per heavy atom. The summed E-state index contributed by atoms with van der Waals surface area (Å²) in [4.78, 5) is 73.1. The van der Waals surface area contributed by atoms with Crippen molar-refractivity contribution in [2.45, 2.75) is 290 Å². The van der Waals surface area contributed by atoms with E-state index in [4.69, 9.17) is 37.0 Å². The number of aliphatic hydroxyl groups excluding tert-OH is 1. The molecule has 0 aromatic heterocycles. The highest BCUT2D eigenvalue weighted by atomic mass is 31.2. The number of allylic oxidation sites excluding steroid dienone is 34. The fraction of sp³-hybridized carbons (Fsp3) is 0.573. The van der Waals surface area contributed by atoms with Crippen LogP contribution in [0.1, 0.15) is 272 Å². The van der Waals surface area contributed by atoms with Crippen molar-refractivity contribution in [2.24, 2.45) is 0 Å². The van der Waals surface area contributed by atoms with Crippen molar-refractivity contribution >= 4 is 39.5 Å². The Morgan fingerprint density at radius 2 is 0.509 bits per heavy atom. The summed E-state index contributed by atoms with van der Waals surface area (Å²) in [6, 6.07) is 0. The van der Waals surface area contributed by atoms with E-state index in [1.165, 1.54) is 19.3 Å². The van der Waals surface area contributed by atoms with Crippen LogP contribution >= 0.6 is 15.6 Å². The lowest BCUT2D eigenvalue weighted by atomic mass is 10.1. The first-order chi connectivity index (χ1) is 52.7. The standard InChI is InChI=1S/C89H140O17P2/c1-5-9-13-17-21-25-29-33-37-40-41-44-47-50-54-58-62-66-70-74-87(92)100-80-85(106-89(94)76-72-68-64-60-56-52-48-43-39-35-31-27-23-19-15-11-7-3)82-104-108(97,98)102-78-83(90)77-101-107(95,96)103-81-84(105-88(93)75-71-67-63-59-55-51-45-36-32-28-24-20-16-12-8-4)79-99-86(91)73-69-65-61-57-53-49-46-42-38-34-30-26-22-18-14-10-6-2/h9-11,13-15,21-28,33-39,41,44-46,48-50,52,54,60,62,64,66,83-85,90H,5-8,12,16-20,29-32,40,42-43,47,51,53,55-59,61,63,65,67-82H2,1-4H3,(H,95,96)(H,97,98)/b13-9-,14-10-,15-11-,25-21-,26-22-,27-23-,28-24-,37-33-,38-34-,39-35-,44-41-,45-36-,49-46-,52-48-,54-50-,64-60-,66-62-. The monoisotopic (exact) mass is 1540 g/mol. The van der Waals surface area contributed by atoms with Crippen LogP contribution in [-0.4, -0.2) is 96.7 Å². The zero-order valence-corrected chi connectivity index (χ0v) is 68.2. The fourth-order valence-corrected chi connectivity index (χ4v) is 11.3. The summed E-state index contributed by atoms with van der Waals surface area (Å²) in [5, 5.41) is 10.7. The molecule has 608 valence electrons. The molecule has 0 aliphatic heterocycles. The maximum atomic E-state index is 13.1. The largest absolute Gasteiger partial charge is 0.472 e. The molecule has 108 heavy (non-hydrogen) atoms. The van der Waals surface area contributed by atoms with Crippen molar-refractivity contribution in [1.29, 1.82) is 0 Å². The van der Waals surface area contributed by atoms with E-state index in [0.717, 1.165) is 161 Å². The number of hydrogen-bond donors (Lipinski definition) is 3.